The molecule has 0 amide bonds. The van der Waals surface area contributed by atoms with Crippen molar-refractivity contribution >= 4 is 0 Å². The van der Waals surface area contributed by atoms with Crippen LogP contribution in [0.15, 0.2) is 24.3 Å². The number of ether oxygens (including phenoxy) is 1. The zero-order chi connectivity index (χ0) is 12.7. The topological polar surface area (TPSA) is 62.3 Å². The van der Waals surface area contributed by atoms with Crippen LogP contribution in [0.25, 0.3) is 0 Å². The van der Waals surface area contributed by atoms with Gasteiger partial charge in [-0.05, 0) is 24.7 Å². The van der Waals surface area contributed by atoms with E-state index in [0.717, 1.165) is 17.9 Å². The molecular formula is C13H19N3O. The van der Waals surface area contributed by atoms with Crippen LogP contribution in [0.5, 0.6) is 5.75 Å². The summed E-state index contributed by atoms with van der Waals surface area (Å²) in [6, 6.07) is 10.2. The summed E-state index contributed by atoms with van der Waals surface area (Å²) in [5, 5.41) is 8.58. The highest BCUT2D eigenvalue weighted by molar-refractivity contribution is 5.29. The number of nitriles is 1. The Morgan fingerprint density at radius 1 is 1.41 bits per heavy atom. The van der Waals surface area contributed by atoms with Crippen LogP contribution in [0.2, 0.25) is 0 Å². The minimum absolute atomic E-state index is 0.147. The summed E-state index contributed by atoms with van der Waals surface area (Å²) in [6.07, 6.45) is 0.517. The average molecular weight is 233 g/mol. The minimum Gasteiger partial charge on any atom is -0.497 e. The van der Waals surface area contributed by atoms with Crippen LogP contribution in [0.4, 0.5) is 0 Å². The number of rotatable bonds is 6. The third-order valence-corrected chi connectivity index (χ3v) is 2.83. The Morgan fingerprint density at radius 3 is 2.53 bits per heavy atom. The Kier molecular flexibility index (Phi) is 5.47. The molecule has 2 N–H and O–H groups in total. The van der Waals surface area contributed by atoms with Gasteiger partial charge in [0.1, 0.15) is 5.75 Å². The number of benzene rings is 1. The van der Waals surface area contributed by atoms with Gasteiger partial charge in [-0.3, -0.25) is 4.90 Å². The SMILES string of the molecule is COc1ccc(C(CN)N(C)CCC#N)cc1. The molecule has 0 heterocycles. The number of nitrogens with zero attached hydrogens (tertiary/aromatic N) is 2. The Labute approximate surface area is 103 Å². The van der Waals surface area contributed by atoms with Crippen LogP contribution in [-0.2, 0) is 0 Å². The highest BCUT2D eigenvalue weighted by atomic mass is 16.5. The van der Waals surface area contributed by atoms with Gasteiger partial charge < -0.3 is 10.5 Å². The molecule has 4 nitrogen and oxygen atoms in total. The van der Waals surface area contributed by atoms with Crippen molar-refractivity contribution in [3.63, 3.8) is 0 Å². The standard InChI is InChI=1S/C13H19N3O/c1-16(9-3-8-14)13(10-15)11-4-6-12(17-2)7-5-11/h4-7,13H,3,9-10,15H2,1-2H3. The van der Waals surface area contributed by atoms with Crippen LogP contribution in [0, 0.1) is 11.3 Å². The number of nitrogens with two attached hydrogens (primary N) is 1. The predicted molar refractivity (Wildman–Crippen MR) is 67.6 cm³/mol. The fourth-order valence-electron chi connectivity index (χ4n) is 1.78. The third-order valence-electron chi connectivity index (χ3n) is 2.83. The van der Waals surface area contributed by atoms with Gasteiger partial charge >= 0.3 is 0 Å². The molecule has 1 unspecified atom stereocenters. The lowest BCUT2D eigenvalue weighted by molar-refractivity contribution is 0.255. The number of hydrogen-bond donors (Lipinski definition) is 1. The Hall–Kier alpha value is -1.57. The molecule has 0 aliphatic carbocycles. The van der Waals surface area contributed by atoms with Gasteiger partial charge in [-0.1, -0.05) is 12.1 Å². The summed E-state index contributed by atoms with van der Waals surface area (Å²) in [4.78, 5) is 2.10. The van der Waals surface area contributed by atoms with E-state index in [1.807, 2.05) is 31.3 Å². The van der Waals surface area contributed by atoms with Gasteiger partial charge in [-0.2, -0.15) is 5.26 Å². The highest BCUT2D eigenvalue weighted by Crippen LogP contribution is 2.21. The molecule has 0 aliphatic heterocycles. The van der Waals surface area contributed by atoms with Gasteiger partial charge in [-0.15, -0.1) is 0 Å². The molecule has 4 heteroatoms. The second-order valence-corrected chi connectivity index (χ2v) is 3.91. The molecule has 0 bridgehead atoms. The van der Waals surface area contributed by atoms with Gasteiger partial charge in [-0.25, -0.2) is 0 Å². The van der Waals surface area contributed by atoms with Crippen molar-refractivity contribution in [3.8, 4) is 11.8 Å². The summed E-state index contributed by atoms with van der Waals surface area (Å²) in [5.74, 6) is 0.837. The fraction of sp³-hybridized carbons (Fsp3) is 0.462. The molecule has 0 aliphatic rings. The van der Waals surface area contributed by atoms with Crippen molar-refractivity contribution in [3.05, 3.63) is 29.8 Å². The van der Waals surface area contributed by atoms with Gasteiger partial charge in [0.25, 0.3) is 0 Å². The van der Waals surface area contributed by atoms with Gasteiger partial charge in [0.15, 0.2) is 0 Å². The molecule has 0 saturated carbocycles. The maximum absolute atomic E-state index is 8.58. The number of methoxy groups -OCH3 is 1. The van der Waals surface area contributed by atoms with E-state index in [-0.39, 0.29) is 6.04 Å². The summed E-state index contributed by atoms with van der Waals surface area (Å²) in [5.41, 5.74) is 6.94. The van der Waals surface area contributed by atoms with Crippen molar-refractivity contribution in [2.24, 2.45) is 5.73 Å². The highest BCUT2D eigenvalue weighted by Gasteiger charge is 2.14. The molecule has 1 aromatic rings. The van der Waals surface area contributed by atoms with Crippen molar-refractivity contribution in [2.45, 2.75) is 12.5 Å². The van der Waals surface area contributed by atoms with E-state index in [0.29, 0.717) is 13.0 Å². The number of hydrogen-bond acceptors (Lipinski definition) is 4. The maximum Gasteiger partial charge on any atom is 0.118 e. The molecule has 1 aromatic carbocycles. The van der Waals surface area contributed by atoms with E-state index in [1.165, 1.54) is 0 Å². The van der Waals surface area contributed by atoms with E-state index in [9.17, 15) is 0 Å². The molecule has 0 spiro atoms. The first-order valence-electron chi connectivity index (χ1n) is 5.64. The van der Waals surface area contributed by atoms with Crippen molar-refractivity contribution in [1.82, 2.24) is 4.90 Å². The van der Waals surface area contributed by atoms with Crippen LogP contribution >= 0.6 is 0 Å². The average Bonchev–Trinajstić information content (AvgIpc) is 2.38. The summed E-state index contributed by atoms with van der Waals surface area (Å²) in [7, 11) is 3.63. The molecule has 0 aromatic heterocycles. The summed E-state index contributed by atoms with van der Waals surface area (Å²) in [6.45, 7) is 1.26. The molecule has 0 fully saturated rings. The first kappa shape index (κ1) is 13.5. The van der Waals surface area contributed by atoms with E-state index in [2.05, 4.69) is 11.0 Å². The number of likely N-dealkylation sites (N-methyl/N-ethyl adjacent to an activating group) is 1. The maximum atomic E-state index is 8.58. The Morgan fingerprint density at radius 2 is 2.06 bits per heavy atom. The fourth-order valence-corrected chi connectivity index (χ4v) is 1.78. The van der Waals surface area contributed by atoms with E-state index >= 15 is 0 Å². The first-order valence-corrected chi connectivity index (χ1v) is 5.64. The lowest BCUT2D eigenvalue weighted by Crippen LogP contribution is -2.31. The quantitative estimate of drug-likeness (QED) is 0.809. The summed E-state index contributed by atoms with van der Waals surface area (Å²) < 4.78 is 5.12. The molecule has 0 radical (unpaired) electrons. The van der Waals surface area contributed by atoms with Crippen LogP contribution in [0.1, 0.15) is 18.0 Å². The monoisotopic (exact) mass is 233 g/mol. The second kappa shape index (κ2) is 6.89. The van der Waals surface area contributed by atoms with Crippen molar-refractivity contribution in [1.29, 1.82) is 5.26 Å². The molecule has 17 heavy (non-hydrogen) atoms. The van der Waals surface area contributed by atoms with Crippen LogP contribution in [0.3, 0.4) is 0 Å². The van der Waals surface area contributed by atoms with Crippen LogP contribution < -0.4 is 10.5 Å². The molecule has 1 atom stereocenters. The Balaban J connectivity index is 2.75. The van der Waals surface area contributed by atoms with Gasteiger partial charge in [0.2, 0.25) is 0 Å². The van der Waals surface area contributed by atoms with E-state index in [1.54, 1.807) is 7.11 Å². The first-order chi connectivity index (χ1) is 8.22. The summed E-state index contributed by atoms with van der Waals surface area (Å²) >= 11 is 0. The van der Waals surface area contributed by atoms with E-state index < -0.39 is 0 Å². The third kappa shape index (κ3) is 3.74. The second-order valence-electron chi connectivity index (χ2n) is 3.91. The normalized spacial score (nSPS) is 12.2. The molecule has 92 valence electrons. The lowest BCUT2D eigenvalue weighted by atomic mass is 10.1. The van der Waals surface area contributed by atoms with Gasteiger partial charge in [0, 0.05) is 25.6 Å². The van der Waals surface area contributed by atoms with Gasteiger partial charge in [0.05, 0.1) is 13.2 Å². The molecule has 0 saturated heterocycles. The van der Waals surface area contributed by atoms with Crippen molar-refractivity contribution in [2.75, 3.05) is 27.2 Å². The largest absolute Gasteiger partial charge is 0.497 e. The lowest BCUT2D eigenvalue weighted by Gasteiger charge is -2.26. The smallest absolute Gasteiger partial charge is 0.118 e. The Bertz CT molecular complexity index is 369. The molecule has 1 rings (SSSR count). The zero-order valence-corrected chi connectivity index (χ0v) is 10.4. The predicted octanol–water partition coefficient (Wildman–Crippen LogP) is 1.54. The van der Waals surface area contributed by atoms with E-state index in [4.69, 9.17) is 15.7 Å². The van der Waals surface area contributed by atoms with Crippen molar-refractivity contribution < 1.29 is 4.74 Å². The zero-order valence-electron chi connectivity index (χ0n) is 10.4. The van der Waals surface area contributed by atoms with Crippen LogP contribution in [-0.4, -0.2) is 32.1 Å². The minimum atomic E-state index is 0.147. The molecular weight excluding hydrogens is 214 g/mol.